The van der Waals surface area contributed by atoms with Gasteiger partial charge in [-0.15, -0.1) is 5.10 Å². The van der Waals surface area contributed by atoms with Crippen molar-refractivity contribution in [3.05, 3.63) is 84.8 Å². The number of nitrogens with one attached hydrogen (secondary N) is 2. The lowest BCUT2D eigenvalue weighted by Crippen LogP contribution is -2.44. The molecular weight excluding hydrogens is 739 g/mol. The first-order chi connectivity index (χ1) is 27.4. The molecule has 17 nitrogen and oxygen atoms in total. The average molecular weight is 787 g/mol. The maximum Gasteiger partial charge on any atom is 0.329 e. The van der Waals surface area contributed by atoms with Crippen molar-refractivity contribution in [3.8, 4) is 11.4 Å². The van der Waals surface area contributed by atoms with Crippen molar-refractivity contribution in [1.29, 1.82) is 0 Å². The van der Waals surface area contributed by atoms with Crippen LogP contribution in [0.5, 0.6) is 0 Å². The molecule has 0 radical (unpaired) electrons. The molecule has 4 aromatic rings. The van der Waals surface area contributed by atoms with Crippen LogP contribution in [0.3, 0.4) is 0 Å². The van der Waals surface area contributed by atoms with E-state index in [9.17, 15) is 28.7 Å². The van der Waals surface area contributed by atoms with Gasteiger partial charge in [0.1, 0.15) is 36.0 Å². The van der Waals surface area contributed by atoms with Crippen LogP contribution in [0.1, 0.15) is 62.8 Å². The van der Waals surface area contributed by atoms with E-state index in [1.807, 2.05) is 18.2 Å². The maximum absolute atomic E-state index is 14.9. The van der Waals surface area contributed by atoms with Crippen LogP contribution in [0, 0.1) is 11.8 Å². The minimum Gasteiger partial charge on any atom is -0.460 e. The molecule has 1 saturated heterocycles. The van der Waals surface area contributed by atoms with Gasteiger partial charge in [0.15, 0.2) is 17.2 Å². The number of allylic oxidation sites excluding steroid dienone is 2. The number of imidazole rings is 1. The summed E-state index contributed by atoms with van der Waals surface area (Å²) in [6.45, 7) is 6.36. The number of alkyl halides is 1. The lowest BCUT2D eigenvalue weighted by molar-refractivity contribution is -0.159. The number of hydrogen-bond acceptors (Lipinski definition) is 12. The summed E-state index contributed by atoms with van der Waals surface area (Å²) in [6.07, 6.45) is 14.3. The number of carbonyl (C=O) groups is 4. The minimum absolute atomic E-state index is 0.00833. The van der Waals surface area contributed by atoms with Crippen LogP contribution in [-0.2, 0) is 32.1 Å². The van der Waals surface area contributed by atoms with Crippen LogP contribution in [0.2, 0.25) is 0 Å². The molecular formula is C39H47FN10O7. The molecule has 2 bridgehead atoms. The summed E-state index contributed by atoms with van der Waals surface area (Å²) in [4.78, 5) is 67.8. The van der Waals surface area contributed by atoms with Crippen molar-refractivity contribution in [2.24, 2.45) is 11.8 Å². The number of ether oxygens (including phenoxy) is 1. The smallest absolute Gasteiger partial charge is 0.329 e. The highest BCUT2D eigenvalue weighted by atomic mass is 19.1. The summed E-state index contributed by atoms with van der Waals surface area (Å²) >= 11 is 0. The molecule has 0 saturated carbocycles. The van der Waals surface area contributed by atoms with E-state index < -0.39 is 48.1 Å². The molecule has 0 spiro atoms. The number of hydrogen-bond donors (Lipinski definition) is 3. The maximum atomic E-state index is 14.9. The second-order valence-corrected chi connectivity index (χ2v) is 14.5. The van der Waals surface area contributed by atoms with Gasteiger partial charge in [-0.1, -0.05) is 48.9 Å². The third-order valence-corrected chi connectivity index (χ3v) is 9.67. The van der Waals surface area contributed by atoms with E-state index in [2.05, 4.69) is 35.9 Å². The third kappa shape index (κ3) is 10.8. The number of amides is 3. The minimum atomic E-state index is -1.50. The predicted octanol–water partition coefficient (Wildman–Crippen LogP) is 2.79. The number of oxazole rings is 1. The number of nitrogens with zero attached hydrogens (tertiary/aromatic N) is 8. The Morgan fingerprint density at radius 3 is 2.81 bits per heavy atom. The van der Waals surface area contributed by atoms with Gasteiger partial charge >= 0.3 is 5.97 Å². The van der Waals surface area contributed by atoms with Gasteiger partial charge in [-0.05, 0) is 31.8 Å². The predicted molar refractivity (Wildman–Crippen MR) is 203 cm³/mol. The number of fused-ring (bicyclic) bond motifs is 4. The zero-order valence-corrected chi connectivity index (χ0v) is 32.0. The molecule has 18 heteroatoms. The molecule has 3 amide bonds. The average Bonchev–Trinajstić information content (AvgIpc) is 4.01. The second-order valence-electron chi connectivity index (χ2n) is 14.5. The summed E-state index contributed by atoms with van der Waals surface area (Å²) in [7, 11) is 0. The zero-order chi connectivity index (χ0) is 40.5. The highest BCUT2D eigenvalue weighted by molar-refractivity contribution is 5.95. The molecule has 1 fully saturated rings. The standard InChI is InChI=1S/C39H47FN10O7/c1-24(2)37-26(17-35(53)43-12-15-49-22-30(46-47-49)29-21-48-14-11-41-33(48)20-44-29)8-9-34(52)42-10-4-6-25(3)16-28(51)18-27(40)19-36-45-31(23-56-36)38(54)50-13-5-7-32(50)39(55)57-37/h4,6,8-9,11,14,16,20-24,26-28,32,37,51H,5,7,10,12-13,15,17-19H2,1-3H3,(H,42,52)(H,43,53)/b6-4+,9-8+,25-16+/t26-,27+,28+,32+,37+/m0/s1. The Morgan fingerprint density at radius 1 is 1.14 bits per heavy atom. The number of esters is 1. The monoisotopic (exact) mass is 786 g/mol. The number of aliphatic hydroxyl groups is 1. The van der Waals surface area contributed by atoms with Crippen molar-refractivity contribution in [1.82, 2.24) is 49.9 Å². The van der Waals surface area contributed by atoms with Gasteiger partial charge in [0.25, 0.3) is 5.91 Å². The van der Waals surface area contributed by atoms with Gasteiger partial charge in [-0.3, -0.25) is 19.1 Å². The van der Waals surface area contributed by atoms with E-state index >= 15 is 0 Å². The van der Waals surface area contributed by atoms with Gasteiger partial charge in [-0.25, -0.2) is 24.1 Å². The Balaban J connectivity index is 1.16. The lowest BCUT2D eigenvalue weighted by atomic mass is 9.89. The highest BCUT2D eigenvalue weighted by Crippen LogP contribution is 2.27. The number of carbonyl (C=O) groups excluding carboxylic acids is 4. The Morgan fingerprint density at radius 2 is 1.98 bits per heavy atom. The van der Waals surface area contributed by atoms with Gasteiger partial charge < -0.3 is 34.2 Å². The molecule has 6 rings (SSSR count). The number of cyclic esters (lactones) is 1. The van der Waals surface area contributed by atoms with E-state index in [0.29, 0.717) is 42.0 Å². The number of aliphatic hydroxyl groups excluding tert-OH is 1. The fraction of sp³-hybridized carbons (Fsp3) is 0.462. The van der Waals surface area contributed by atoms with Crippen molar-refractivity contribution in [2.75, 3.05) is 19.6 Å². The first-order valence-corrected chi connectivity index (χ1v) is 19.0. The molecule has 0 unspecified atom stereocenters. The normalized spacial score (nSPS) is 25.0. The van der Waals surface area contributed by atoms with Crippen molar-refractivity contribution < 1.29 is 37.8 Å². The fourth-order valence-corrected chi connectivity index (χ4v) is 6.84. The summed E-state index contributed by atoms with van der Waals surface area (Å²) in [6, 6.07) is -0.933. The molecule has 6 heterocycles. The lowest BCUT2D eigenvalue weighted by Gasteiger charge is -2.30. The van der Waals surface area contributed by atoms with Crippen molar-refractivity contribution in [3.63, 3.8) is 0 Å². The Kier molecular flexibility index (Phi) is 13.3. The summed E-state index contributed by atoms with van der Waals surface area (Å²) in [5.41, 5.74) is 2.44. The van der Waals surface area contributed by atoms with E-state index in [-0.39, 0.29) is 62.3 Å². The van der Waals surface area contributed by atoms with E-state index in [1.165, 1.54) is 17.1 Å². The van der Waals surface area contributed by atoms with Crippen LogP contribution in [-0.4, -0.2) is 112 Å². The summed E-state index contributed by atoms with van der Waals surface area (Å²) in [5, 5.41) is 24.4. The van der Waals surface area contributed by atoms with E-state index in [0.717, 1.165) is 6.26 Å². The quantitative estimate of drug-likeness (QED) is 0.231. The first-order valence-electron chi connectivity index (χ1n) is 19.0. The Labute approximate surface area is 328 Å². The molecule has 0 aromatic carbocycles. The third-order valence-electron chi connectivity index (χ3n) is 9.67. The molecule has 3 N–H and O–H groups in total. The van der Waals surface area contributed by atoms with Crippen LogP contribution >= 0.6 is 0 Å². The molecule has 2 aliphatic rings. The van der Waals surface area contributed by atoms with Gasteiger partial charge in [0.2, 0.25) is 11.8 Å². The second kappa shape index (κ2) is 18.7. The van der Waals surface area contributed by atoms with Crippen molar-refractivity contribution in [2.45, 2.75) is 83.8 Å². The Hall–Kier alpha value is -6.04. The first kappa shape index (κ1) is 40.6. The van der Waals surface area contributed by atoms with E-state index in [4.69, 9.17) is 9.15 Å². The highest BCUT2D eigenvalue weighted by Gasteiger charge is 2.39. The molecule has 57 heavy (non-hydrogen) atoms. The van der Waals surface area contributed by atoms with Crippen LogP contribution in [0.4, 0.5) is 4.39 Å². The van der Waals surface area contributed by atoms with Gasteiger partial charge in [0.05, 0.1) is 31.5 Å². The van der Waals surface area contributed by atoms with Crippen LogP contribution in [0.25, 0.3) is 17.0 Å². The zero-order valence-electron chi connectivity index (χ0n) is 32.0. The summed E-state index contributed by atoms with van der Waals surface area (Å²) in [5.74, 6) is -3.02. The molecule has 0 aliphatic carbocycles. The molecule has 302 valence electrons. The topological polar surface area (TPSA) is 212 Å². The van der Waals surface area contributed by atoms with E-state index in [1.54, 1.807) is 60.8 Å². The largest absolute Gasteiger partial charge is 0.460 e. The molecule has 2 aliphatic heterocycles. The van der Waals surface area contributed by atoms with Gasteiger partial charge in [0, 0.05) is 57.0 Å². The molecule has 4 aromatic heterocycles. The number of rotatable bonds is 7. The SMILES string of the molecule is CC1=C\[C@@H](O)C[C@@H](F)Cc2nc(co2)C(=O)N2CCC[C@@H]2C(=O)O[C@H](C(C)C)[C@H](CC(=O)NCCn2cc(-c3cn4ccnc4cn3)nn2)/C=C/C(=O)NC\C=C\1. The fourth-order valence-electron chi connectivity index (χ4n) is 6.84. The van der Waals surface area contributed by atoms with Crippen molar-refractivity contribution >= 4 is 29.3 Å². The molecule has 5 atom stereocenters. The van der Waals surface area contributed by atoms with Crippen LogP contribution < -0.4 is 10.6 Å². The van der Waals surface area contributed by atoms with Crippen LogP contribution in [0.15, 0.2) is 77.6 Å². The number of halogens is 1. The summed E-state index contributed by atoms with van der Waals surface area (Å²) < 4.78 is 29.8. The number of aromatic nitrogens is 7. The Bertz CT molecular complexity index is 2140. The van der Waals surface area contributed by atoms with Gasteiger partial charge in [-0.2, -0.15) is 0 Å².